The van der Waals surface area contributed by atoms with Crippen LogP contribution in [0.4, 0.5) is 0 Å². The van der Waals surface area contributed by atoms with Gasteiger partial charge in [-0.25, -0.2) is 0 Å². The van der Waals surface area contributed by atoms with Crippen molar-refractivity contribution in [3.05, 3.63) is 0 Å². The van der Waals surface area contributed by atoms with Crippen LogP contribution >= 0.6 is 11.8 Å². The van der Waals surface area contributed by atoms with Crippen LogP contribution in [0.1, 0.15) is 46.5 Å². The molecule has 1 N–H and O–H groups in total. The van der Waals surface area contributed by atoms with Crippen LogP contribution in [0.3, 0.4) is 0 Å². The molecule has 0 spiro atoms. The van der Waals surface area contributed by atoms with E-state index in [1.807, 2.05) is 0 Å². The number of thioether (sulfide) groups is 1. The molecule has 2 saturated heterocycles. The summed E-state index contributed by atoms with van der Waals surface area (Å²) in [4.78, 5) is 2.80. The van der Waals surface area contributed by atoms with Crippen molar-refractivity contribution < 1.29 is 0 Å². The van der Waals surface area contributed by atoms with Crippen LogP contribution < -0.4 is 5.32 Å². The van der Waals surface area contributed by atoms with Crippen molar-refractivity contribution >= 4 is 11.8 Å². The molecule has 2 heterocycles. The van der Waals surface area contributed by atoms with Crippen molar-refractivity contribution in [2.45, 2.75) is 63.8 Å². The van der Waals surface area contributed by atoms with Crippen LogP contribution in [-0.2, 0) is 0 Å². The number of nitrogens with zero attached hydrogens (tertiary/aromatic N) is 1. The maximum Gasteiger partial charge on any atom is 0.0212 e. The lowest BCUT2D eigenvalue weighted by Crippen LogP contribution is -2.49. The van der Waals surface area contributed by atoms with Gasteiger partial charge in [-0.05, 0) is 50.4 Å². The summed E-state index contributed by atoms with van der Waals surface area (Å²) in [6, 6.07) is 1.48. The van der Waals surface area contributed by atoms with Gasteiger partial charge in [-0.15, -0.1) is 0 Å². The lowest BCUT2D eigenvalue weighted by Gasteiger charge is -2.42. The summed E-state index contributed by atoms with van der Waals surface area (Å²) in [5.41, 5.74) is 0. The molecule has 0 aromatic heterocycles. The molecule has 0 bridgehead atoms. The van der Waals surface area contributed by atoms with E-state index in [4.69, 9.17) is 0 Å². The molecule has 106 valence electrons. The molecule has 3 atom stereocenters. The van der Waals surface area contributed by atoms with Crippen LogP contribution in [0.5, 0.6) is 0 Å². The normalized spacial score (nSPS) is 35.0. The number of piperidine rings is 1. The van der Waals surface area contributed by atoms with Crippen LogP contribution in [0.2, 0.25) is 0 Å². The molecular weight excluding hydrogens is 240 g/mol. The largest absolute Gasteiger partial charge is 0.314 e. The second-order valence-corrected chi connectivity index (χ2v) is 7.84. The van der Waals surface area contributed by atoms with Gasteiger partial charge in [0.15, 0.2) is 0 Å². The van der Waals surface area contributed by atoms with E-state index < -0.39 is 0 Å². The van der Waals surface area contributed by atoms with Crippen molar-refractivity contribution in [3.63, 3.8) is 0 Å². The molecule has 0 amide bonds. The minimum absolute atomic E-state index is 0.629. The molecule has 2 aliphatic heterocycles. The first-order chi connectivity index (χ1) is 8.66. The predicted molar refractivity (Wildman–Crippen MR) is 82.4 cm³/mol. The molecule has 2 rings (SSSR count). The Morgan fingerprint density at radius 2 is 2.11 bits per heavy atom. The first-order valence-corrected chi connectivity index (χ1v) is 8.80. The van der Waals surface area contributed by atoms with Gasteiger partial charge < -0.3 is 5.32 Å². The summed E-state index contributed by atoms with van der Waals surface area (Å²) in [5.74, 6) is 2.25. The van der Waals surface area contributed by atoms with Gasteiger partial charge in [0.1, 0.15) is 0 Å². The quantitative estimate of drug-likeness (QED) is 0.845. The second kappa shape index (κ2) is 7.16. The van der Waals surface area contributed by atoms with E-state index in [0.717, 1.165) is 17.2 Å². The highest BCUT2D eigenvalue weighted by atomic mass is 32.2. The fraction of sp³-hybridized carbons (Fsp3) is 1.00. The molecular formula is C15H30N2S. The van der Waals surface area contributed by atoms with Gasteiger partial charge in [-0.3, -0.25) is 4.90 Å². The highest BCUT2D eigenvalue weighted by Gasteiger charge is 2.31. The van der Waals surface area contributed by atoms with Crippen molar-refractivity contribution in [1.29, 1.82) is 0 Å². The first kappa shape index (κ1) is 14.7. The molecule has 18 heavy (non-hydrogen) atoms. The third-order valence-corrected chi connectivity index (χ3v) is 5.77. The monoisotopic (exact) mass is 270 g/mol. The number of hydrogen-bond acceptors (Lipinski definition) is 3. The Morgan fingerprint density at radius 1 is 1.28 bits per heavy atom. The molecule has 0 aliphatic carbocycles. The third-order valence-electron chi connectivity index (χ3n) is 4.40. The SMILES string of the molecule is CC(C)NCC1CCCN(C2CCCSC2C)C1. The van der Waals surface area contributed by atoms with E-state index in [2.05, 4.69) is 42.7 Å². The first-order valence-electron chi connectivity index (χ1n) is 7.76. The van der Waals surface area contributed by atoms with Crippen LogP contribution in [0.15, 0.2) is 0 Å². The van der Waals surface area contributed by atoms with E-state index in [9.17, 15) is 0 Å². The van der Waals surface area contributed by atoms with E-state index in [1.54, 1.807) is 0 Å². The number of nitrogens with one attached hydrogen (secondary N) is 1. The molecule has 0 saturated carbocycles. The molecule has 3 heteroatoms. The number of likely N-dealkylation sites (tertiary alicyclic amines) is 1. The second-order valence-electron chi connectivity index (χ2n) is 6.35. The smallest absolute Gasteiger partial charge is 0.0212 e. The fourth-order valence-corrected chi connectivity index (χ4v) is 4.59. The molecule has 0 aromatic rings. The Kier molecular flexibility index (Phi) is 5.84. The lowest BCUT2D eigenvalue weighted by atomic mass is 9.94. The lowest BCUT2D eigenvalue weighted by molar-refractivity contribution is 0.113. The maximum absolute atomic E-state index is 3.62. The number of rotatable bonds is 4. The summed E-state index contributed by atoms with van der Waals surface area (Å²) in [6.45, 7) is 10.8. The Bertz CT molecular complexity index is 245. The van der Waals surface area contributed by atoms with Gasteiger partial charge in [-0.2, -0.15) is 11.8 Å². The van der Waals surface area contributed by atoms with Gasteiger partial charge in [0, 0.05) is 23.9 Å². The number of hydrogen-bond donors (Lipinski definition) is 1. The summed E-state index contributed by atoms with van der Waals surface area (Å²) >= 11 is 2.18. The molecule has 0 radical (unpaired) electrons. The molecule has 3 unspecified atom stereocenters. The van der Waals surface area contributed by atoms with Gasteiger partial charge >= 0.3 is 0 Å². The standard InChI is InChI=1S/C15H30N2S/c1-12(2)16-10-14-6-4-8-17(11-14)15-7-5-9-18-13(15)3/h12-16H,4-11H2,1-3H3. The van der Waals surface area contributed by atoms with Crippen molar-refractivity contribution in [3.8, 4) is 0 Å². The average Bonchev–Trinajstić information content (AvgIpc) is 2.37. The Hall–Kier alpha value is 0.270. The van der Waals surface area contributed by atoms with Gasteiger partial charge in [-0.1, -0.05) is 20.8 Å². The molecule has 2 nitrogen and oxygen atoms in total. The van der Waals surface area contributed by atoms with E-state index >= 15 is 0 Å². The highest BCUT2D eigenvalue weighted by molar-refractivity contribution is 7.99. The maximum atomic E-state index is 3.62. The minimum Gasteiger partial charge on any atom is -0.314 e. The van der Waals surface area contributed by atoms with Gasteiger partial charge in [0.25, 0.3) is 0 Å². The van der Waals surface area contributed by atoms with Crippen molar-refractivity contribution in [1.82, 2.24) is 10.2 Å². The van der Waals surface area contributed by atoms with E-state index in [-0.39, 0.29) is 0 Å². The fourth-order valence-electron chi connectivity index (χ4n) is 3.35. The zero-order valence-corrected chi connectivity index (χ0v) is 13.1. The summed E-state index contributed by atoms with van der Waals surface area (Å²) < 4.78 is 0. The van der Waals surface area contributed by atoms with Crippen molar-refractivity contribution in [2.75, 3.05) is 25.4 Å². The zero-order valence-electron chi connectivity index (χ0n) is 12.3. The molecule has 0 aromatic carbocycles. The van der Waals surface area contributed by atoms with E-state index in [1.165, 1.54) is 51.1 Å². The van der Waals surface area contributed by atoms with Crippen LogP contribution in [0, 0.1) is 5.92 Å². The Labute approximate surface area is 117 Å². The van der Waals surface area contributed by atoms with E-state index in [0.29, 0.717) is 6.04 Å². The third kappa shape index (κ3) is 4.14. The zero-order chi connectivity index (χ0) is 13.0. The van der Waals surface area contributed by atoms with Gasteiger partial charge in [0.2, 0.25) is 0 Å². The van der Waals surface area contributed by atoms with Gasteiger partial charge in [0.05, 0.1) is 0 Å². The topological polar surface area (TPSA) is 15.3 Å². The van der Waals surface area contributed by atoms with Crippen molar-refractivity contribution in [2.24, 2.45) is 5.92 Å². The Balaban J connectivity index is 1.81. The summed E-state index contributed by atoms with van der Waals surface area (Å²) in [6.07, 6.45) is 5.67. The Morgan fingerprint density at radius 3 is 2.83 bits per heavy atom. The predicted octanol–water partition coefficient (Wildman–Crippen LogP) is 2.98. The molecule has 2 fully saturated rings. The summed E-state index contributed by atoms with van der Waals surface area (Å²) in [5, 5.41) is 4.46. The minimum atomic E-state index is 0.629. The van der Waals surface area contributed by atoms with Crippen LogP contribution in [0.25, 0.3) is 0 Å². The average molecular weight is 270 g/mol. The summed E-state index contributed by atoms with van der Waals surface area (Å²) in [7, 11) is 0. The molecule has 2 aliphatic rings. The van der Waals surface area contributed by atoms with Crippen LogP contribution in [-0.4, -0.2) is 47.6 Å². The highest BCUT2D eigenvalue weighted by Crippen LogP contribution is 2.31.